The molecule has 2 aliphatic carbocycles. The van der Waals surface area contributed by atoms with E-state index < -0.39 is 17.9 Å². The molecule has 2 unspecified atom stereocenters. The van der Waals surface area contributed by atoms with Gasteiger partial charge in [0.05, 0.1) is 5.92 Å². The summed E-state index contributed by atoms with van der Waals surface area (Å²) >= 11 is 0. The maximum absolute atomic E-state index is 11.2. The predicted octanol–water partition coefficient (Wildman–Crippen LogP) is 2.15. The third-order valence-corrected chi connectivity index (χ3v) is 4.14. The van der Waals surface area contributed by atoms with Crippen molar-refractivity contribution in [1.82, 2.24) is 0 Å². The van der Waals surface area contributed by atoms with Crippen LogP contribution in [0.1, 0.15) is 32.6 Å². The number of carbonyl (C=O) groups is 2. The minimum absolute atomic E-state index is 0.0569. The lowest BCUT2D eigenvalue weighted by atomic mass is 9.63. The average molecular weight is 238 g/mol. The Bertz CT molecular complexity index is 366. The molecule has 2 N–H and O–H groups in total. The first-order chi connectivity index (χ1) is 7.99. The van der Waals surface area contributed by atoms with Gasteiger partial charge in [0.1, 0.15) is 0 Å². The highest BCUT2D eigenvalue weighted by Crippen LogP contribution is 2.46. The molecule has 17 heavy (non-hydrogen) atoms. The second kappa shape index (κ2) is 4.51. The molecule has 0 aromatic heterocycles. The predicted molar refractivity (Wildman–Crippen MR) is 61.5 cm³/mol. The van der Waals surface area contributed by atoms with Crippen molar-refractivity contribution in [3.63, 3.8) is 0 Å². The molecule has 0 amide bonds. The van der Waals surface area contributed by atoms with Gasteiger partial charge in [-0.15, -0.1) is 0 Å². The maximum atomic E-state index is 11.2. The second-order valence-corrected chi connectivity index (χ2v) is 5.41. The van der Waals surface area contributed by atoms with E-state index in [9.17, 15) is 9.59 Å². The van der Waals surface area contributed by atoms with E-state index in [1.54, 1.807) is 6.08 Å². The van der Waals surface area contributed by atoms with Gasteiger partial charge >= 0.3 is 11.9 Å². The first-order valence-electron chi connectivity index (χ1n) is 6.15. The molecule has 0 saturated heterocycles. The molecular formula is C13H18O4. The molecule has 2 aliphatic rings. The molecule has 1 fully saturated rings. The molecule has 0 aliphatic heterocycles. The number of hydrogen-bond acceptors (Lipinski definition) is 2. The Morgan fingerprint density at radius 1 is 1.24 bits per heavy atom. The molecule has 0 spiro atoms. The molecule has 4 nitrogen and oxygen atoms in total. The number of aliphatic carboxylic acids is 2. The second-order valence-electron chi connectivity index (χ2n) is 5.41. The highest BCUT2D eigenvalue weighted by atomic mass is 16.4. The van der Waals surface area contributed by atoms with Crippen LogP contribution in [-0.4, -0.2) is 22.2 Å². The van der Waals surface area contributed by atoms with E-state index in [0.29, 0.717) is 30.3 Å². The van der Waals surface area contributed by atoms with Crippen LogP contribution in [0.25, 0.3) is 0 Å². The summed E-state index contributed by atoms with van der Waals surface area (Å²) in [6.45, 7) is 2.15. The van der Waals surface area contributed by atoms with Gasteiger partial charge in [0.15, 0.2) is 0 Å². The van der Waals surface area contributed by atoms with Crippen LogP contribution in [0.4, 0.5) is 0 Å². The van der Waals surface area contributed by atoms with Crippen LogP contribution in [0.5, 0.6) is 0 Å². The Morgan fingerprint density at radius 3 is 2.35 bits per heavy atom. The summed E-state index contributed by atoms with van der Waals surface area (Å²) in [5.74, 6) is -1.12. The van der Waals surface area contributed by atoms with E-state index in [2.05, 4.69) is 6.92 Å². The van der Waals surface area contributed by atoms with Gasteiger partial charge in [-0.1, -0.05) is 13.0 Å². The van der Waals surface area contributed by atoms with E-state index in [1.165, 1.54) is 0 Å². The smallest absolute Gasteiger partial charge is 0.331 e. The SMILES string of the molecule is CC1CC(C2CC(C(=O)O)CC=C2C(=O)O)C1. The molecule has 4 heteroatoms. The van der Waals surface area contributed by atoms with Crippen LogP contribution < -0.4 is 0 Å². The lowest BCUT2D eigenvalue weighted by molar-refractivity contribution is -0.143. The van der Waals surface area contributed by atoms with Crippen molar-refractivity contribution < 1.29 is 19.8 Å². The molecular weight excluding hydrogens is 220 g/mol. The summed E-state index contributed by atoms with van der Waals surface area (Å²) in [6, 6.07) is 0. The fourth-order valence-corrected chi connectivity index (χ4v) is 3.14. The van der Waals surface area contributed by atoms with Crippen molar-refractivity contribution in [2.45, 2.75) is 32.6 Å². The van der Waals surface area contributed by atoms with Crippen LogP contribution in [0.15, 0.2) is 11.6 Å². The fraction of sp³-hybridized carbons (Fsp3) is 0.692. The normalized spacial score (nSPS) is 36.9. The van der Waals surface area contributed by atoms with Crippen molar-refractivity contribution in [3.05, 3.63) is 11.6 Å². The molecule has 0 bridgehead atoms. The zero-order valence-corrected chi connectivity index (χ0v) is 9.93. The third kappa shape index (κ3) is 2.35. The molecule has 2 atom stereocenters. The van der Waals surface area contributed by atoms with Gasteiger partial charge in [0, 0.05) is 5.57 Å². The van der Waals surface area contributed by atoms with Gasteiger partial charge in [0.25, 0.3) is 0 Å². The summed E-state index contributed by atoms with van der Waals surface area (Å²) in [4.78, 5) is 22.1. The monoisotopic (exact) mass is 238 g/mol. The van der Waals surface area contributed by atoms with Crippen molar-refractivity contribution in [2.75, 3.05) is 0 Å². The Kier molecular flexibility index (Phi) is 3.22. The minimum atomic E-state index is -0.876. The molecule has 2 rings (SSSR count). The Hall–Kier alpha value is -1.32. The summed E-state index contributed by atoms with van der Waals surface area (Å²) in [5.41, 5.74) is 0.444. The van der Waals surface area contributed by atoms with Gasteiger partial charge in [-0.2, -0.15) is 0 Å². The van der Waals surface area contributed by atoms with Crippen LogP contribution in [-0.2, 0) is 9.59 Å². The van der Waals surface area contributed by atoms with E-state index in [4.69, 9.17) is 10.2 Å². The quantitative estimate of drug-likeness (QED) is 0.790. The van der Waals surface area contributed by atoms with Crippen molar-refractivity contribution in [2.24, 2.45) is 23.7 Å². The number of allylic oxidation sites excluding steroid dienone is 1. The summed E-state index contributed by atoms with van der Waals surface area (Å²) < 4.78 is 0. The minimum Gasteiger partial charge on any atom is -0.481 e. The first-order valence-corrected chi connectivity index (χ1v) is 6.15. The molecule has 0 aromatic carbocycles. The zero-order chi connectivity index (χ0) is 12.6. The Morgan fingerprint density at radius 2 is 1.88 bits per heavy atom. The highest BCUT2D eigenvalue weighted by molar-refractivity contribution is 5.88. The van der Waals surface area contributed by atoms with Crippen molar-refractivity contribution in [3.8, 4) is 0 Å². The van der Waals surface area contributed by atoms with Crippen LogP contribution >= 0.6 is 0 Å². The molecule has 0 heterocycles. The molecule has 0 radical (unpaired) electrons. The number of carboxylic acid groups (broad SMARTS) is 2. The largest absolute Gasteiger partial charge is 0.481 e. The lowest BCUT2D eigenvalue weighted by Gasteiger charge is -2.41. The van der Waals surface area contributed by atoms with Gasteiger partial charge in [-0.25, -0.2) is 4.79 Å². The van der Waals surface area contributed by atoms with E-state index in [0.717, 1.165) is 12.8 Å². The Labute approximate surface area is 100 Å². The van der Waals surface area contributed by atoms with Crippen LogP contribution in [0.2, 0.25) is 0 Å². The summed E-state index contributed by atoms with van der Waals surface area (Å²) in [5, 5.41) is 18.2. The topological polar surface area (TPSA) is 74.6 Å². The first kappa shape index (κ1) is 12.1. The molecule has 1 saturated carbocycles. The van der Waals surface area contributed by atoms with Gasteiger partial charge < -0.3 is 10.2 Å². The number of rotatable bonds is 3. The lowest BCUT2D eigenvalue weighted by Crippen LogP contribution is -2.36. The van der Waals surface area contributed by atoms with Gasteiger partial charge in [-0.05, 0) is 43.4 Å². The highest BCUT2D eigenvalue weighted by Gasteiger charge is 2.40. The Balaban J connectivity index is 2.13. The summed E-state index contributed by atoms with van der Waals surface area (Å²) in [6.07, 6.45) is 4.53. The van der Waals surface area contributed by atoms with Gasteiger partial charge in [-0.3, -0.25) is 4.79 Å². The summed E-state index contributed by atoms with van der Waals surface area (Å²) in [7, 11) is 0. The van der Waals surface area contributed by atoms with Crippen molar-refractivity contribution >= 4 is 11.9 Å². The van der Waals surface area contributed by atoms with Crippen LogP contribution in [0.3, 0.4) is 0 Å². The van der Waals surface area contributed by atoms with E-state index in [-0.39, 0.29) is 5.92 Å². The zero-order valence-electron chi connectivity index (χ0n) is 9.93. The van der Waals surface area contributed by atoms with Crippen LogP contribution in [0, 0.1) is 23.7 Å². The number of carboxylic acids is 2. The third-order valence-electron chi connectivity index (χ3n) is 4.14. The molecule has 94 valence electrons. The van der Waals surface area contributed by atoms with E-state index >= 15 is 0 Å². The molecule has 0 aromatic rings. The standard InChI is InChI=1S/C13H18O4/c1-7-4-9(5-7)11-6-8(12(14)15)2-3-10(11)13(16)17/h3,7-9,11H,2,4-6H2,1H3,(H,14,15)(H,16,17). The average Bonchev–Trinajstić information content (AvgIpc) is 2.23. The van der Waals surface area contributed by atoms with E-state index in [1.807, 2.05) is 0 Å². The number of hydrogen-bond donors (Lipinski definition) is 2. The fourth-order valence-electron chi connectivity index (χ4n) is 3.14. The van der Waals surface area contributed by atoms with Crippen molar-refractivity contribution in [1.29, 1.82) is 0 Å². The maximum Gasteiger partial charge on any atom is 0.331 e. The van der Waals surface area contributed by atoms with Gasteiger partial charge in [0.2, 0.25) is 0 Å².